The molecule has 1 N–H and O–H groups in total. The Labute approximate surface area is 110 Å². The molecular formula is C15H25N3. The highest BCUT2D eigenvalue weighted by Gasteiger charge is 2.18. The van der Waals surface area contributed by atoms with E-state index in [1.54, 1.807) is 6.33 Å². The summed E-state index contributed by atoms with van der Waals surface area (Å²) < 4.78 is 0. The van der Waals surface area contributed by atoms with Crippen molar-refractivity contribution in [2.24, 2.45) is 0 Å². The molecule has 1 aromatic rings. The SMILES string of the molecule is CCCCC(CCC)Nc1ncnc2c1CCC2. The number of fused-ring (bicyclic) bond motifs is 1. The van der Waals surface area contributed by atoms with Gasteiger partial charge >= 0.3 is 0 Å². The van der Waals surface area contributed by atoms with E-state index in [1.807, 2.05) is 0 Å². The molecular weight excluding hydrogens is 222 g/mol. The fourth-order valence-corrected chi connectivity index (χ4v) is 2.76. The Morgan fingerprint density at radius 2 is 2.06 bits per heavy atom. The van der Waals surface area contributed by atoms with Gasteiger partial charge in [0.1, 0.15) is 12.1 Å². The molecule has 0 spiro atoms. The third-order valence-electron chi connectivity index (χ3n) is 3.76. The third-order valence-corrected chi connectivity index (χ3v) is 3.76. The third kappa shape index (κ3) is 3.21. The summed E-state index contributed by atoms with van der Waals surface area (Å²) in [7, 11) is 0. The van der Waals surface area contributed by atoms with Crippen molar-refractivity contribution in [1.82, 2.24) is 9.97 Å². The van der Waals surface area contributed by atoms with Gasteiger partial charge in [-0.2, -0.15) is 0 Å². The van der Waals surface area contributed by atoms with Crippen LogP contribution in [0.2, 0.25) is 0 Å². The summed E-state index contributed by atoms with van der Waals surface area (Å²) in [6, 6.07) is 0.578. The number of nitrogens with zero attached hydrogens (tertiary/aromatic N) is 2. The molecule has 0 bridgehead atoms. The Bertz CT molecular complexity index is 376. The van der Waals surface area contributed by atoms with E-state index in [0.29, 0.717) is 6.04 Å². The zero-order chi connectivity index (χ0) is 12.8. The molecule has 18 heavy (non-hydrogen) atoms. The van der Waals surface area contributed by atoms with Crippen LogP contribution in [0.5, 0.6) is 0 Å². The average molecular weight is 247 g/mol. The van der Waals surface area contributed by atoms with Crippen LogP contribution in [-0.2, 0) is 12.8 Å². The van der Waals surface area contributed by atoms with Gasteiger partial charge in [-0.3, -0.25) is 0 Å². The van der Waals surface area contributed by atoms with Gasteiger partial charge in [-0.1, -0.05) is 33.1 Å². The van der Waals surface area contributed by atoms with E-state index in [1.165, 1.54) is 49.8 Å². The van der Waals surface area contributed by atoms with Crippen LogP contribution in [0.15, 0.2) is 6.33 Å². The Kier molecular flexibility index (Phi) is 4.97. The highest BCUT2D eigenvalue weighted by Crippen LogP contribution is 2.26. The number of anilines is 1. The maximum absolute atomic E-state index is 4.46. The Balaban J connectivity index is 2.04. The van der Waals surface area contributed by atoms with Crippen LogP contribution in [-0.4, -0.2) is 16.0 Å². The maximum Gasteiger partial charge on any atom is 0.133 e. The second-order valence-electron chi connectivity index (χ2n) is 5.27. The normalized spacial score (nSPS) is 15.4. The van der Waals surface area contributed by atoms with Gasteiger partial charge in [-0.05, 0) is 32.1 Å². The first kappa shape index (κ1) is 13.3. The second-order valence-corrected chi connectivity index (χ2v) is 5.27. The zero-order valence-electron chi connectivity index (χ0n) is 11.7. The van der Waals surface area contributed by atoms with Crippen molar-refractivity contribution in [3.63, 3.8) is 0 Å². The van der Waals surface area contributed by atoms with E-state index >= 15 is 0 Å². The molecule has 3 nitrogen and oxygen atoms in total. The van der Waals surface area contributed by atoms with E-state index in [9.17, 15) is 0 Å². The number of unbranched alkanes of at least 4 members (excludes halogenated alkanes) is 1. The lowest BCUT2D eigenvalue weighted by Crippen LogP contribution is -2.21. The van der Waals surface area contributed by atoms with Gasteiger partial charge in [0.15, 0.2) is 0 Å². The minimum absolute atomic E-state index is 0.578. The zero-order valence-corrected chi connectivity index (χ0v) is 11.7. The topological polar surface area (TPSA) is 37.8 Å². The molecule has 1 aromatic heterocycles. The van der Waals surface area contributed by atoms with Gasteiger partial charge in [0.2, 0.25) is 0 Å². The first-order chi connectivity index (χ1) is 8.85. The lowest BCUT2D eigenvalue weighted by Gasteiger charge is -2.20. The fourth-order valence-electron chi connectivity index (χ4n) is 2.76. The standard InChI is InChI=1S/C15H25N3/c1-3-5-8-12(7-4-2)18-15-13-9-6-10-14(13)16-11-17-15/h11-12H,3-10H2,1-2H3,(H,16,17,18). The first-order valence-corrected chi connectivity index (χ1v) is 7.44. The Morgan fingerprint density at radius 1 is 1.17 bits per heavy atom. The van der Waals surface area contributed by atoms with Crippen LogP contribution < -0.4 is 5.32 Å². The van der Waals surface area contributed by atoms with Gasteiger partial charge in [0.25, 0.3) is 0 Å². The summed E-state index contributed by atoms with van der Waals surface area (Å²) in [5.74, 6) is 1.10. The van der Waals surface area contributed by atoms with Crippen molar-refractivity contribution in [2.75, 3.05) is 5.32 Å². The van der Waals surface area contributed by atoms with Crippen molar-refractivity contribution < 1.29 is 0 Å². The first-order valence-electron chi connectivity index (χ1n) is 7.44. The molecule has 0 radical (unpaired) electrons. The number of hydrogen-bond donors (Lipinski definition) is 1. The quantitative estimate of drug-likeness (QED) is 0.797. The maximum atomic E-state index is 4.46. The van der Waals surface area contributed by atoms with Crippen molar-refractivity contribution in [2.45, 2.75) is 71.3 Å². The number of aromatic nitrogens is 2. The van der Waals surface area contributed by atoms with Gasteiger partial charge in [0, 0.05) is 17.3 Å². The molecule has 1 heterocycles. The highest BCUT2D eigenvalue weighted by atomic mass is 15.0. The lowest BCUT2D eigenvalue weighted by atomic mass is 10.0. The molecule has 0 aliphatic heterocycles. The van der Waals surface area contributed by atoms with Gasteiger partial charge in [0.05, 0.1) is 0 Å². The summed E-state index contributed by atoms with van der Waals surface area (Å²) in [6.45, 7) is 4.51. The summed E-state index contributed by atoms with van der Waals surface area (Å²) in [4.78, 5) is 8.84. The summed E-state index contributed by atoms with van der Waals surface area (Å²) in [5, 5.41) is 3.66. The Morgan fingerprint density at radius 3 is 2.83 bits per heavy atom. The number of hydrogen-bond acceptors (Lipinski definition) is 3. The van der Waals surface area contributed by atoms with E-state index < -0.39 is 0 Å². The Hall–Kier alpha value is -1.12. The van der Waals surface area contributed by atoms with Crippen LogP contribution in [0.3, 0.4) is 0 Å². The molecule has 1 unspecified atom stereocenters. The van der Waals surface area contributed by atoms with Crippen LogP contribution in [0.25, 0.3) is 0 Å². The number of rotatable bonds is 7. The van der Waals surface area contributed by atoms with Crippen LogP contribution in [0.1, 0.15) is 63.6 Å². The highest BCUT2D eigenvalue weighted by molar-refractivity contribution is 5.48. The molecule has 0 saturated carbocycles. The monoisotopic (exact) mass is 247 g/mol. The summed E-state index contributed by atoms with van der Waals surface area (Å²) in [6.07, 6.45) is 11.5. The molecule has 3 heteroatoms. The van der Waals surface area contributed by atoms with Gasteiger partial charge in [-0.15, -0.1) is 0 Å². The lowest BCUT2D eigenvalue weighted by molar-refractivity contribution is 0.562. The summed E-state index contributed by atoms with van der Waals surface area (Å²) >= 11 is 0. The van der Waals surface area contributed by atoms with Gasteiger partial charge < -0.3 is 5.32 Å². The molecule has 0 fully saturated rings. The minimum atomic E-state index is 0.578. The fraction of sp³-hybridized carbons (Fsp3) is 0.733. The van der Waals surface area contributed by atoms with Crippen molar-refractivity contribution in [1.29, 1.82) is 0 Å². The molecule has 1 aliphatic carbocycles. The minimum Gasteiger partial charge on any atom is -0.367 e. The molecule has 0 amide bonds. The molecule has 1 aliphatic rings. The average Bonchev–Trinajstić information content (AvgIpc) is 2.85. The van der Waals surface area contributed by atoms with E-state index in [0.717, 1.165) is 18.7 Å². The molecule has 0 aromatic carbocycles. The van der Waals surface area contributed by atoms with Crippen LogP contribution in [0.4, 0.5) is 5.82 Å². The van der Waals surface area contributed by atoms with E-state index in [4.69, 9.17) is 0 Å². The smallest absolute Gasteiger partial charge is 0.133 e. The van der Waals surface area contributed by atoms with Crippen molar-refractivity contribution in [3.05, 3.63) is 17.6 Å². The number of aryl methyl sites for hydroxylation is 1. The van der Waals surface area contributed by atoms with E-state index in [-0.39, 0.29) is 0 Å². The predicted molar refractivity (Wildman–Crippen MR) is 75.9 cm³/mol. The number of nitrogens with one attached hydrogen (secondary N) is 1. The summed E-state index contributed by atoms with van der Waals surface area (Å²) in [5.41, 5.74) is 2.63. The second kappa shape index (κ2) is 6.72. The van der Waals surface area contributed by atoms with Gasteiger partial charge in [-0.25, -0.2) is 9.97 Å². The largest absolute Gasteiger partial charge is 0.367 e. The molecule has 2 rings (SSSR count). The molecule has 0 saturated heterocycles. The van der Waals surface area contributed by atoms with Crippen molar-refractivity contribution >= 4 is 5.82 Å². The van der Waals surface area contributed by atoms with Crippen molar-refractivity contribution in [3.8, 4) is 0 Å². The van der Waals surface area contributed by atoms with Crippen LogP contribution in [0, 0.1) is 0 Å². The molecule has 1 atom stereocenters. The molecule has 100 valence electrons. The van der Waals surface area contributed by atoms with E-state index in [2.05, 4.69) is 29.1 Å². The van der Waals surface area contributed by atoms with Crippen LogP contribution >= 0.6 is 0 Å². The predicted octanol–water partition coefficient (Wildman–Crippen LogP) is 3.74.